The first-order chi connectivity index (χ1) is 5.34. The van der Waals surface area contributed by atoms with Crippen molar-refractivity contribution in [2.45, 2.75) is 19.8 Å². The second-order valence-corrected chi connectivity index (χ2v) is 2.75. The Morgan fingerprint density at radius 2 is 2.00 bits per heavy atom. The van der Waals surface area contributed by atoms with Crippen molar-refractivity contribution in [2.75, 3.05) is 0 Å². The monoisotopic (exact) mass is 170 g/mol. The molecule has 0 spiro atoms. The maximum absolute atomic E-state index is 3.71. The van der Waals surface area contributed by atoms with E-state index in [-0.39, 0.29) is 29.6 Å². The van der Waals surface area contributed by atoms with E-state index >= 15 is 0 Å². The molecule has 0 aliphatic carbocycles. The molecule has 0 fully saturated rings. The van der Waals surface area contributed by atoms with Crippen molar-refractivity contribution in [3.8, 4) is 0 Å². The molecule has 0 radical (unpaired) electrons. The molecule has 0 heterocycles. The van der Waals surface area contributed by atoms with Gasteiger partial charge in [0.05, 0.1) is 0 Å². The van der Waals surface area contributed by atoms with Crippen LogP contribution in [0.15, 0.2) is 36.9 Å². The number of hydrogen-bond acceptors (Lipinski definition) is 0. The van der Waals surface area contributed by atoms with Crippen LogP contribution in [-0.4, -0.2) is 29.6 Å². The Morgan fingerprint density at radius 1 is 1.33 bits per heavy atom. The van der Waals surface area contributed by atoms with Crippen LogP contribution in [0.2, 0.25) is 0 Å². The fraction of sp³-hybridized carbons (Fsp3) is 0.273. The third-order valence-electron chi connectivity index (χ3n) is 1.88. The van der Waals surface area contributed by atoms with Crippen LogP contribution < -0.4 is 0 Å². The fourth-order valence-corrected chi connectivity index (χ4v) is 1.15. The van der Waals surface area contributed by atoms with E-state index in [4.69, 9.17) is 0 Å². The fourth-order valence-electron chi connectivity index (χ4n) is 1.15. The van der Waals surface area contributed by atoms with Crippen molar-refractivity contribution in [3.05, 3.63) is 48.0 Å². The number of hydrogen-bond donors (Lipinski definition) is 0. The summed E-state index contributed by atoms with van der Waals surface area (Å²) >= 11 is 0. The maximum atomic E-state index is 3.71. The normalized spacial score (nSPS) is 8.75. The van der Waals surface area contributed by atoms with Crippen LogP contribution in [0, 0.1) is 6.92 Å². The van der Waals surface area contributed by atoms with Crippen LogP contribution in [0.25, 0.3) is 0 Å². The molecule has 1 heteroatoms. The molecule has 1 aromatic carbocycles. The molecule has 0 amide bonds. The predicted molar refractivity (Wildman–Crippen MR) is 56.8 cm³/mol. The van der Waals surface area contributed by atoms with Crippen LogP contribution in [-0.2, 0) is 6.42 Å². The second-order valence-electron chi connectivity index (χ2n) is 2.75. The van der Waals surface area contributed by atoms with Gasteiger partial charge in [-0.1, -0.05) is 30.3 Å². The summed E-state index contributed by atoms with van der Waals surface area (Å²) < 4.78 is 0. The molecule has 0 saturated carbocycles. The van der Waals surface area contributed by atoms with Crippen LogP contribution in [0.3, 0.4) is 0 Å². The molecule has 60 valence electrons. The van der Waals surface area contributed by atoms with Gasteiger partial charge in [0.2, 0.25) is 0 Å². The number of rotatable bonds is 3. The zero-order chi connectivity index (χ0) is 8.10. The van der Waals surface area contributed by atoms with E-state index < -0.39 is 0 Å². The molecule has 0 nitrogen and oxygen atoms in total. The molecular formula is C11H15Na. The van der Waals surface area contributed by atoms with Crippen molar-refractivity contribution in [1.29, 1.82) is 0 Å². The van der Waals surface area contributed by atoms with E-state index in [1.165, 1.54) is 11.1 Å². The molecule has 0 unspecified atom stereocenters. The quantitative estimate of drug-likeness (QED) is 0.483. The zero-order valence-electron chi connectivity index (χ0n) is 7.01. The molecule has 0 saturated heterocycles. The molecular weight excluding hydrogens is 155 g/mol. The summed E-state index contributed by atoms with van der Waals surface area (Å²) in [6, 6.07) is 8.50. The van der Waals surface area contributed by atoms with Crippen LogP contribution in [0.4, 0.5) is 0 Å². The van der Waals surface area contributed by atoms with Gasteiger partial charge >= 0.3 is 29.6 Å². The molecule has 1 aromatic rings. The number of benzene rings is 1. The van der Waals surface area contributed by atoms with Gasteiger partial charge in [-0.2, -0.15) is 0 Å². The Kier molecular flexibility index (Phi) is 6.45. The molecule has 12 heavy (non-hydrogen) atoms. The summed E-state index contributed by atoms with van der Waals surface area (Å²) in [5.74, 6) is 0. The molecule has 0 aliphatic heterocycles. The summed E-state index contributed by atoms with van der Waals surface area (Å²) in [6.07, 6.45) is 4.16. The van der Waals surface area contributed by atoms with Crippen molar-refractivity contribution in [2.24, 2.45) is 0 Å². The first-order valence-corrected chi connectivity index (χ1v) is 4.00. The Labute approximate surface area is 97.0 Å². The Morgan fingerprint density at radius 3 is 2.58 bits per heavy atom. The Hall–Kier alpha value is -0.0400. The van der Waals surface area contributed by atoms with E-state index in [1.807, 2.05) is 6.08 Å². The van der Waals surface area contributed by atoms with Crippen molar-refractivity contribution >= 4 is 29.6 Å². The number of aryl methyl sites for hydroxylation is 2. The van der Waals surface area contributed by atoms with Gasteiger partial charge in [0.15, 0.2) is 0 Å². The van der Waals surface area contributed by atoms with Gasteiger partial charge in [-0.3, -0.25) is 0 Å². The zero-order valence-corrected chi connectivity index (χ0v) is 7.01. The minimum absolute atomic E-state index is 0. The van der Waals surface area contributed by atoms with E-state index in [2.05, 4.69) is 37.8 Å². The minimum atomic E-state index is 0. The molecule has 0 aliphatic rings. The Balaban J connectivity index is 0.00000121. The summed E-state index contributed by atoms with van der Waals surface area (Å²) in [4.78, 5) is 0. The molecule has 0 N–H and O–H groups in total. The first-order valence-electron chi connectivity index (χ1n) is 4.00. The van der Waals surface area contributed by atoms with Crippen LogP contribution in [0.1, 0.15) is 17.5 Å². The third-order valence-corrected chi connectivity index (χ3v) is 1.88. The summed E-state index contributed by atoms with van der Waals surface area (Å²) in [6.45, 7) is 5.86. The molecule has 1 rings (SSSR count). The first kappa shape index (κ1) is 12.0. The van der Waals surface area contributed by atoms with Gasteiger partial charge in [-0.25, -0.2) is 0 Å². The SMILES string of the molecule is C=CCCc1ccccc1C.[NaH]. The summed E-state index contributed by atoms with van der Waals surface area (Å²) in [5.41, 5.74) is 2.82. The van der Waals surface area contributed by atoms with Crippen molar-refractivity contribution in [1.82, 2.24) is 0 Å². The van der Waals surface area contributed by atoms with Gasteiger partial charge < -0.3 is 0 Å². The van der Waals surface area contributed by atoms with Crippen LogP contribution in [0.5, 0.6) is 0 Å². The van der Waals surface area contributed by atoms with E-state index in [0.29, 0.717) is 0 Å². The molecule has 0 atom stereocenters. The van der Waals surface area contributed by atoms with E-state index in [1.54, 1.807) is 0 Å². The van der Waals surface area contributed by atoms with E-state index in [0.717, 1.165) is 12.8 Å². The predicted octanol–water partition coefficient (Wildman–Crippen LogP) is 2.47. The second kappa shape index (κ2) is 6.47. The summed E-state index contributed by atoms with van der Waals surface area (Å²) in [5, 5.41) is 0. The Bertz CT molecular complexity index is 241. The average Bonchev–Trinajstić information content (AvgIpc) is 2.03. The average molecular weight is 170 g/mol. The van der Waals surface area contributed by atoms with E-state index in [9.17, 15) is 0 Å². The van der Waals surface area contributed by atoms with Crippen molar-refractivity contribution < 1.29 is 0 Å². The standard InChI is InChI=1S/C11H14.Na.H/c1-3-4-8-11-9-6-5-7-10(11)2;;/h3,5-7,9H,1,4,8H2,2H3;;. The number of allylic oxidation sites excluding steroid dienone is 1. The topological polar surface area (TPSA) is 0 Å². The third kappa shape index (κ3) is 3.57. The van der Waals surface area contributed by atoms with Gasteiger partial charge in [-0.05, 0) is 30.9 Å². The van der Waals surface area contributed by atoms with Crippen molar-refractivity contribution in [3.63, 3.8) is 0 Å². The van der Waals surface area contributed by atoms with Gasteiger partial charge in [0, 0.05) is 0 Å². The molecule has 0 aromatic heterocycles. The molecule has 0 bridgehead atoms. The summed E-state index contributed by atoms with van der Waals surface area (Å²) in [7, 11) is 0. The van der Waals surface area contributed by atoms with Crippen LogP contribution >= 0.6 is 0 Å². The van der Waals surface area contributed by atoms with Gasteiger partial charge in [0.25, 0.3) is 0 Å². The van der Waals surface area contributed by atoms with Gasteiger partial charge in [0.1, 0.15) is 0 Å². The van der Waals surface area contributed by atoms with Gasteiger partial charge in [-0.15, -0.1) is 6.58 Å².